The summed E-state index contributed by atoms with van der Waals surface area (Å²) in [4.78, 5) is 0. The summed E-state index contributed by atoms with van der Waals surface area (Å²) in [6.45, 7) is 7.04. The first-order valence-corrected chi connectivity index (χ1v) is 5.46. The Balaban J connectivity index is 2.76. The third kappa shape index (κ3) is 3.51. The number of hydrogen-bond donors (Lipinski definition) is 1. The van der Waals surface area contributed by atoms with E-state index in [1.807, 2.05) is 26.0 Å². The fourth-order valence-electron chi connectivity index (χ4n) is 1.35. The maximum Gasteiger partial charge on any atom is 0.124 e. The molecule has 0 saturated carbocycles. The smallest absolute Gasteiger partial charge is 0.124 e. The van der Waals surface area contributed by atoms with Gasteiger partial charge in [0.25, 0.3) is 0 Å². The molecule has 1 rings (SSSR count). The molecular weight excluding hydrogens is 202 g/mol. The number of aryl methyl sites for hydroxylation is 1. The fraction of sp³-hybridized carbons (Fsp3) is 0.538. The van der Waals surface area contributed by atoms with Gasteiger partial charge in [-0.3, -0.25) is 0 Å². The summed E-state index contributed by atoms with van der Waals surface area (Å²) < 4.78 is 11.0. The van der Waals surface area contributed by atoms with Crippen LogP contribution in [0.3, 0.4) is 0 Å². The molecule has 0 aliphatic carbocycles. The molecule has 0 bridgehead atoms. The van der Waals surface area contributed by atoms with Crippen LogP contribution in [0.5, 0.6) is 5.75 Å². The van der Waals surface area contributed by atoms with E-state index in [4.69, 9.17) is 15.2 Å². The van der Waals surface area contributed by atoms with Gasteiger partial charge in [0, 0.05) is 12.1 Å². The Labute approximate surface area is 97.6 Å². The standard InChI is InChI=1S/C13H21NO2/c1-10-5-6-12(15-4)11(7-10)8-16-13(2,3)9-14/h5-7H,8-9,14H2,1-4H3. The number of hydrogen-bond acceptors (Lipinski definition) is 3. The second kappa shape index (κ2) is 5.32. The van der Waals surface area contributed by atoms with E-state index < -0.39 is 0 Å². The van der Waals surface area contributed by atoms with Crippen LogP contribution in [0, 0.1) is 6.92 Å². The molecule has 0 fully saturated rings. The average Bonchev–Trinajstić information content (AvgIpc) is 2.27. The number of nitrogens with two attached hydrogens (primary N) is 1. The number of rotatable bonds is 5. The Morgan fingerprint density at radius 2 is 2.00 bits per heavy atom. The zero-order valence-corrected chi connectivity index (χ0v) is 10.5. The topological polar surface area (TPSA) is 44.5 Å². The van der Waals surface area contributed by atoms with Crippen LogP contribution in [0.1, 0.15) is 25.0 Å². The Morgan fingerprint density at radius 1 is 1.31 bits per heavy atom. The molecule has 0 radical (unpaired) electrons. The lowest BCUT2D eigenvalue weighted by Gasteiger charge is -2.23. The molecule has 2 N–H and O–H groups in total. The monoisotopic (exact) mass is 223 g/mol. The van der Waals surface area contributed by atoms with Gasteiger partial charge in [0.05, 0.1) is 19.3 Å². The van der Waals surface area contributed by atoms with Crippen molar-refractivity contribution in [3.05, 3.63) is 29.3 Å². The van der Waals surface area contributed by atoms with Gasteiger partial charge in [0.2, 0.25) is 0 Å². The highest BCUT2D eigenvalue weighted by Gasteiger charge is 2.16. The first-order valence-electron chi connectivity index (χ1n) is 5.46. The van der Waals surface area contributed by atoms with Crippen LogP contribution < -0.4 is 10.5 Å². The number of methoxy groups -OCH3 is 1. The molecule has 0 heterocycles. The number of ether oxygens (including phenoxy) is 2. The first kappa shape index (κ1) is 13.0. The molecule has 0 atom stereocenters. The SMILES string of the molecule is COc1ccc(C)cc1COC(C)(C)CN. The summed E-state index contributed by atoms with van der Waals surface area (Å²) in [5.74, 6) is 0.860. The molecule has 3 heteroatoms. The second-order valence-corrected chi connectivity index (χ2v) is 4.57. The van der Waals surface area contributed by atoms with E-state index >= 15 is 0 Å². The Kier molecular flexibility index (Phi) is 4.33. The van der Waals surface area contributed by atoms with E-state index in [1.165, 1.54) is 5.56 Å². The van der Waals surface area contributed by atoms with E-state index in [1.54, 1.807) is 7.11 Å². The molecule has 0 aromatic heterocycles. The molecular formula is C13H21NO2. The van der Waals surface area contributed by atoms with E-state index in [-0.39, 0.29) is 5.60 Å². The van der Waals surface area contributed by atoms with Crippen molar-refractivity contribution in [2.45, 2.75) is 33.0 Å². The summed E-state index contributed by atoms with van der Waals surface area (Å²) in [6, 6.07) is 6.06. The minimum Gasteiger partial charge on any atom is -0.496 e. The summed E-state index contributed by atoms with van der Waals surface area (Å²) in [6.07, 6.45) is 0. The van der Waals surface area contributed by atoms with Gasteiger partial charge in [-0.05, 0) is 26.8 Å². The first-order chi connectivity index (χ1) is 7.48. The molecule has 90 valence electrons. The minimum absolute atomic E-state index is 0.297. The third-order valence-electron chi connectivity index (χ3n) is 2.55. The molecule has 0 amide bonds. The Morgan fingerprint density at radius 3 is 2.56 bits per heavy atom. The highest BCUT2D eigenvalue weighted by Crippen LogP contribution is 2.22. The van der Waals surface area contributed by atoms with Gasteiger partial charge < -0.3 is 15.2 Å². The maximum atomic E-state index is 5.76. The molecule has 1 aromatic carbocycles. The van der Waals surface area contributed by atoms with Crippen molar-refractivity contribution in [3.63, 3.8) is 0 Å². The van der Waals surface area contributed by atoms with E-state index in [0.29, 0.717) is 13.2 Å². The zero-order valence-electron chi connectivity index (χ0n) is 10.5. The van der Waals surface area contributed by atoms with Crippen molar-refractivity contribution in [1.82, 2.24) is 0 Å². The van der Waals surface area contributed by atoms with Crippen LogP contribution in [0.15, 0.2) is 18.2 Å². The van der Waals surface area contributed by atoms with Gasteiger partial charge >= 0.3 is 0 Å². The largest absolute Gasteiger partial charge is 0.496 e. The average molecular weight is 223 g/mol. The summed E-state index contributed by atoms with van der Waals surface area (Å²) in [5, 5.41) is 0. The molecule has 0 unspecified atom stereocenters. The molecule has 16 heavy (non-hydrogen) atoms. The van der Waals surface area contributed by atoms with Crippen molar-refractivity contribution < 1.29 is 9.47 Å². The summed E-state index contributed by atoms with van der Waals surface area (Å²) in [5.41, 5.74) is 7.58. The lowest BCUT2D eigenvalue weighted by molar-refractivity contribution is -0.0228. The van der Waals surface area contributed by atoms with Crippen LogP contribution in [-0.4, -0.2) is 19.3 Å². The van der Waals surface area contributed by atoms with Crippen molar-refractivity contribution in [1.29, 1.82) is 0 Å². The molecule has 3 nitrogen and oxygen atoms in total. The van der Waals surface area contributed by atoms with Crippen molar-refractivity contribution >= 4 is 0 Å². The normalized spacial score (nSPS) is 11.6. The molecule has 0 spiro atoms. The number of benzene rings is 1. The predicted molar refractivity (Wildman–Crippen MR) is 65.7 cm³/mol. The summed E-state index contributed by atoms with van der Waals surface area (Å²) >= 11 is 0. The van der Waals surface area contributed by atoms with Crippen LogP contribution in [0.25, 0.3) is 0 Å². The quantitative estimate of drug-likeness (QED) is 0.832. The van der Waals surface area contributed by atoms with Gasteiger partial charge in [0.15, 0.2) is 0 Å². The van der Waals surface area contributed by atoms with E-state index in [0.717, 1.165) is 11.3 Å². The summed E-state index contributed by atoms with van der Waals surface area (Å²) in [7, 11) is 1.67. The zero-order chi connectivity index (χ0) is 12.2. The highest BCUT2D eigenvalue weighted by atomic mass is 16.5. The van der Waals surface area contributed by atoms with Crippen LogP contribution in [-0.2, 0) is 11.3 Å². The fourth-order valence-corrected chi connectivity index (χ4v) is 1.35. The lowest BCUT2D eigenvalue weighted by Crippen LogP contribution is -2.33. The van der Waals surface area contributed by atoms with Gasteiger partial charge in [-0.1, -0.05) is 17.7 Å². The van der Waals surface area contributed by atoms with Crippen molar-refractivity contribution in [2.24, 2.45) is 5.73 Å². The van der Waals surface area contributed by atoms with Crippen LogP contribution in [0.2, 0.25) is 0 Å². The predicted octanol–water partition coefficient (Wildman–Crippen LogP) is 2.26. The van der Waals surface area contributed by atoms with Crippen molar-refractivity contribution in [2.75, 3.05) is 13.7 Å². The van der Waals surface area contributed by atoms with Crippen LogP contribution >= 0.6 is 0 Å². The highest BCUT2D eigenvalue weighted by molar-refractivity contribution is 5.36. The van der Waals surface area contributed by atoms with Gasteiger partial charge in [0.1, 0.15) is 5.75 Å². The minimum atomic E-state index is -0.297. The second-order valence-electron chi connectivity index (χ2n) is 4.57. The van der Waals surface area contributed by atoms with E-state index in [9.17, 15) is 0 Å². The van der Waals surface area contributed by atoms with E-state index in [2.05, 4.69) is 13.0 Å². The maximum absolute atomic E-state index is 5.76. The molecule has 0 saturated heterocycles. The lowest BCUT2D eigenvalue weighted by atomic mass is 10.1. The molecule has 0 aliphatic rings. The molecule has 0 aliphatic heterocycles. The van der Waals surface area contributed by atoms with Gasteiger partial charge in [-0.2, -0.15) is 0 Å². The van der Waals surface area contributed by atoms with Crippen LogP contribution in [0.4, 0.5) is 0 Å². The van der Waals surface area contributed by atoms with Gasteiger partial charge in [-0.15, -0.1) is 0 Å². The molecule has 1 aromatic rings. The third-order valence-corrected chi connectivity index (χ3v) is 2.55. The van der Waals surface area contributed by atoms with Crippen molar-refractivity contribution in [3.8, 4) is 5.75 Å². The Hall–Kier alpha value is -1.06. The Bertz CT molecular complexity index is 348. The van der Waals surface area contributed by atoms with Gasteiger partial charge in [-0.25, -0.2) is 0 Å².